The van der Waals surface area contributed by atoms with Crippen LogP contribution >= 0.6 is 0 Å². The zero-order valence-electron chi connectivity index (χ0n) is 14.2. The molecule has 118 valence electrons. The van der Waals surface area contributed by atoms with Crippen molar-refractivity contribution >= 4 is 0 Å². The van der Waals surface area contributed by atoms with Crippen molar-refractivity contribution in [2.45, 2.75) is 59.5 Å². The minimum absolute atomic E-state index is 0.133. The van der Waals surface area contributed by atoms with Gasteiger partial charge in [0.1, 0.15) is 0 Å². The Morgan fingerprint density at radius 1 is 1.29 bits per heavy atom. The van der Waals surface area contributed by atoms with E-state index in [1.807, 2.05) is 6.08 Å². The Balaban J connectivity index is 2.36. The van der Waals surface area contributed by atoms with Gasteiger partial charge in [0.15, 0.2) is 0 Å². The Morgan fingerprint density at radius 3 is 2.57 bits per heavy atom. The van der Waals surface area contributed by atoms with Crippen molar-refractivity contribution in [3.63, 3.8) is 0 Å². The summed E-state index contributed by atoms with van der Waals surface area (Å²) < 4.78 is 0. The molecule has 0 bridgehead atoms. The molecule has 1 heteroatoms. The molecule has 0 aromatic carbocycles. The Hall–Kier alpha value is -0.820. The second-order valence-corrected chi connectivity index (χ2v) is 8.26. The molecule has 0 aliphatic heterocycles. The van der Waals surface area contributed by atoms with Gasteiger partial charge in [-0.1, -0.05) is 58.1 Å². The summed E-state index contributed by atoms with van der Waals surface area (Å²) in [6.07, 6.45) is 10.6. The van der Waals surface area contributed by atoms with Gasteiger partial charge in [0, 0.05) is 5.92 Å². The lowest BCUT2D eigenvalue weighted by Gasteiger charge is -2.58. The molecule has 2 rings (SSSR count). The Bertz CT molecular complexity index is 445. The van der Waals surface area contributed by atoms with E-state index in [1.165, 1.54) is 12.0 Å². The topological polar surface area (TPSA) is 20.2 Å². The molecule has 1 nitrogen and oxygen atoms in total. The van der Waals surface area contributed by atoms with Crippen LogP contribution in [0.1, 0.15) is 53.4 Å². The average Bonchev–Trinajstić information content (AvgIpc) is 2.35. The van der Waals surface area contributed by atoms with Gasteiger partial charge in [-0.3, -0.25) is 0 Å². The van der Waals surface area contributed by atoms with Gasteiger partial charge >= 0.3 is 0 Å². The molecular formula is C20H32O. The van der Waals surface area contributed by atoms with Crippen LogP contribution in [0.3, 0.4) is 0 Å². The van der Waals surface area contributed by atoms with E-state index in [2.05, 4.69) is 53.0 Å². The van der Waals surface area contributed by atoms with Crippen LogP contribution in [0.2, 0.25) is 0 Å². The summed E-state index contributed by atoms with van der Waals surface area (Å²) in [6, 6.07) is 0. The van der Waals surface area contributed by atoms with Crippen LogP contribution in [0.25, 0.3) is 0 Å². The molecule has 0 aromatic rings. The van der Waals surface area contributed by atoms with Crippen molar-refractivity contribution in [1.82, 2.24) is 0 Å². The second-order valence-electron chi connectivity index (χ2n) is 8.26. The number of aliphatic hydroxyl groups is 1. The Labute approximate surface area is 130 Å². The molecule has 2 saturated carbocycles. The van der Waals surface area contributed by atoms with E-state index in [0.29, 0.717) is 17.8 Å². The third-order valence-corrected chi connectivity index (χ3v) is 6.06. The van der Waals surface area contributed by atoms with Crippen molar-refractivity contribution in [2.24, 2.45) is 28.6 Å². The van der Waals surface area contributed by atoms with E-state index in [9.17, 15) is 5.11 Å². The summed E-state index contributed by atoms with van der Waals surface area (Å²) in [7, 11) is 0. The van der Waals surface area contributed by atoms with E-state index in [4.69, 9.17) is 0 Å². The van der Waals surface area contributed by atoms with Crippen molar-refractivity contribution in [1.29, 1.82) is 0 Å². The Morgan fingerprint density at radius 2 is 1.95 bits per heavy atom. The molecule has 2 aliphatic carbocycles. The predicted molar refractivity (Wildman–Crippen MR) is 91.0 cm³/mol. The number of hydrogen-bond acceptors (Lipinski definition) is 1. The molecule has 2 fully saturated rings. The summed E-state index contributed by atoms with van der Waals surface area (Å²) in [5.41, 5.74) is 1.68. The van der Waals surface area contributed by atoms with Crippen LogP contribution in [0.5, 0.6) is 0 Å². The smallest absolute Gasteiger partial charge is 0.0551 e. The quantitative estimate of drug-likeness (QED) is 0.713. The lowest BCUT2D eigenvalue weighted by Crippen LogP contribution is -2.52. The van der Waals surface area contributed by atoms with Crippen LogP contribution in [0, 0.1) is 28.6 Å². The minimum atomic E-state index is -0.181. The zero-order valence-corrected chi connectivity index (χ0v) is 14.2. The van der Waals surface area contributed by atoms with Crippen molar-refractivity contribution < 1.29 is 5.11 Å². The third kappa shape index (κ3) is 3.04. The molecule has 1 N–H and O–H groups in total. The van der Waals surface area contributed by atoms with Crippen LogP contribution in [0.4, 0.5) is 0 Å². The van der Waals surface area contributed by atoms with E-state index < -0.39 is 0 Å². The SMILES string of the molecule is C=CC(C)C=CC1C(=C)CCC2C(C)(C)CC(O)CC12C. The van der Waals surface area contributed by atoms with Crippen molar-refractivity contribution in [3.8, 4) is 0 Å². The van der Waals surface area contributed by atoms with Gasteiger partial charge in [0.25, 0.3) is 0 Å². The fraction of sp³-hybridized carbons (Fsp3) is 0.700. The van der Waals surface area contributed by atoms with Gasteiger partial charge in [-0.2, -0.15) is 0 Å². The van der Waals surface area contributed by atoms with E-state index in [1.54, 1.807) is 0 Å². The average molecular weight is 288 g/mol. The summed E-state index contributed by atoms with van der Waals surface area (Å²) in [5, 5.41) is 10.4. The maximum absolute atomic E-state index is 10.4. The number of fused-ring (bicyclic) bond motifs is 1. The molecule has 0 aromatic heterocycles. The second kappa shape index (κ2) is 5.76. The third-order valence-electron chi connectivity index (χ3n) is 6.06. The molecule has 0 heterocycles. The lowest BCUT2D eigenvalue weighted by atomic mass is 9.47. The molecular weight excluding hydrogens is 256 g/mol. The van der Waals surface area contributed by atoms with Gasteiger partial charge in [-0.15, -0.1) is 6.58 Å². The van der Waals surface area contributed by atoms with E-state index in [0.717, 1.165) is 19.3 Å². The maximum Gasteiger partial charge on any atom is 0.0551 e. The van der Waals surface area contributed by atoms with Crippen LogP contribution < -0.4 is 0 Å². The molecule has 5 unspecified atom stereocenters. The standard InChI is InChI=1S/C20H32O/c1-7-14(2)8-10-17-15(3)9-11-18-19(4,5)12-16(21)13-20(17,18)6/h7-8,10,14,16-18,21H,1,3,9,11-13H2,2,4-6H3. The number of allylic oxidation sites excluding steroid dienone is 4. The van der Waals surface area contributed by atoms with E-state index >= 15 is 0 Å². The molecule has 0 spiro atoms. The molecule has 21 heavy (non-hydrogen) atoms. The Kier molecular flexibility index (Phi) is 4.54. The largest absolute Gasteiger partial charge is 0.393 e. The van der Waals surface area contributed by atoms with Crippen LogP contribution in [0.15, 0.2) is 37.0 Å². The number of rotatable bonds is 3. The first-order valence-corrected chi connectivity index (χ1v) is 8.37. The highest BCUT2D eigenvalue weighted by Crippen LogP contribution is 2.61. The predicted octanol–water partition coefficient (Wildman–Crippen LogP) is 5.13. The molecule has 0 saturated heterocycles. The highest BCUT2D eigenvalue weighted by molar-refractivity contribution is 5.22. The first kappa shape index (κ1) is 16.5. The first-order chi connectivity index (χ1) is 9.70. The van der Waals surface area contributed by atoms with Crippen molar-refractivity contribution in [3.05, 3.63) is 37.0 Å². The molecule has 5 atom stereocenters. The van der Waals surface area contributed by atoms with E-state index in [-0.39, 0.29) is 16.9 Å². The van der Waals surface area contributed by atoms with Crippen LogP contribution in [-0.4, -0.2) is 11.2 Å². The zero-order chi connectivity index (χ0) is 15.8. The fourth-order valence-electron chi connectivity index (χ4n) is 5.10. The van der Waals surface area contributed by atoms with Gasteiger partial charge in [0.05, 0.1) is 6.10 Å². The molecule has 2 aliphatic rings. The highest BCUT2D eigenvalue weighted by Gasteiger charge is 2.54. The summed E-state index contributed by atoms with van der Waals surface area (Å²) in [5.74, 6) is 1.43. The van der Waals surface area contributed by atoms with Crippen molar-refractivity contribution in [2.75, 3.05) is 0 Å². The summed E-state index contributed by atoms with van der Waals surface area (Å²) in [6.45, 7) is 17.4. The lowest BCUT2D eigenvalue weighted by molar-refractivity contribution is -0.0952. The van der Waals surface area contributed by atoms with Gasteiger partial charge < -0.3 is 5.11 Å². The number of hydrogen-bond donors (Lipinski definition) is 1. The van der Waals surface area contributed by atoms with Crippen LogP contribution in [-0.2, 0) is 0 Å². The number of aliphatic hydroxyl groups excluding tert-OH is 1. The van der Waals surface area contributed by atoms with Gasteiger partial charge in [0.2, 0.25) is 0 Å². The monoisotopic (exact) mass is 288 g/mol. The normalized spacial score (nSPS) is 40.8. The van der Waals surface area contributed by atoms with Gasteiger partial charge in [-0.25, -0.2) is 0 Å². The highest BCUT2D eigenvalue weighted by atomic mass is 16.3. The molecule has 0 amide bonds. The summed E-state index contributed by atoms with van der Waals surface area (Å²) >= 11 is 0. The fourth-order valence-corrected chi connectivity index (χ4v) is 5.10. The summed E-state index contributed by atoms with van der Waals surface area (Å²) in [4.78, 5) is 0. The maximum atomic E-state index is 10.4. The van der Waals surface area contributed by atoms with Gasteiger partial charge in [-0.05, 0) is 48.3 Å². The minimum Gasteiger partial charge on any atom is -0.393 e. The first-order valence-electron chi connectivity index (χ1n) is 8.37. The molecule has 0 radical (unpaired) electrons.